The second-order valence-electron chi connectivity index (χ2n) is 7.99. The summed E-state index contributed by atoms with van der Waals surface area (Å²) in [6.07, 6.45) is 0.922. The smallest absolute Gasteiger partial charge is 0.319 e. The molecule has 2 aromatic carbocycles. The molecule has 0 aromatic heterocycles. The quantitative estimate of drug-likeness (QED) is 0.596. The number of nitrogens with zero attached hydrogens (tertiary/aromatic N) is 1. The van der Waals surface area contributed by atoms with Crippen LogP contribution in [0.3, 0.4) is 0 Å². The number of methoxy groups -OCH3 is 1. The van der Waals surface area contributed by atoms with E-state index in [0.29, 0.717) is 0 Å². The number of rotatable bonds is 2. The van der Waals surface area contributed by atoms with E-state index in [1.807, 2.05) is 6.07 Å². The first-order chi connectivity index (χ1) is 12.9. The van der Waals surface area contributed by atoms with Crippen LogP contribution in [0.1, 0.15) is 49.1 Å². The van der Waals surface area contributed by atoms with E-state index in [4.69, 9.17) is 4.74 Å². The lowest BCUT2D eigenvalue weighted by atomic mass is 9.87. The Morgan fingerprint density at radius 1 is 1.15 bits per heavy atom. The molecule has 0 radical (unpaired) electrons. The van der Waals surface area contributed by atoms with Crippen LogP contribution in [0.15, 0.2) is 48.5 Å². The Balaban J connectivity index is 1.90. The number of hydrogen-bond donors (Lipinski definition) is 0. The fourth-order valence-electron chi connectivity index (χ4n) is 3.39. The van der Waals surface area contributed by atoms with Gasteiger partial charge >= 0.3 is 5.97 Å². The molecule has 1 unspecified atom stereocenters. The lowest BCUT2D eigenvalue weighted by Crippen LogP contribution is -2.38. The van der Waals surface area contributed by atoms with Gasteiger partial charge in [0.2, 0.25) is 0 Å². The Hall–Kier alpha value is -2.57. The zero-order chi connectivity index (χ0) is 19.4. The summed E-state index contributed by atoms with van der Waals surface area (Å²) in [4.78, 5) is 13.9. The summed E-state index contributed by atoms with van der Waals surface area (Å²) in [5.41, 5.74) is 4.91. The van der Waals surface area contributed by atoms with Crippen molar-refractivity contribution in [2.24, 2.45) is 0 Å². The maximum atomic E-state index is 11.8. The molecule has 1 aliphatic rings. The van der Waals surface area contributed by atoms with Gasteiger partial charge in [0.25, 0.3) is 0 Å². The zero-order valence-corrected chi connectivity index (χ0v) is 16.6. The summed E-state index contributed by atoms with van der Waals surface area (Å²) < 4.78 is 4.87. The second-order valence-corrected chi connectivity index (χ2v) is 7.99. The van der Waals surface area contributed by atoms with Gasteiger partial charge in [-0.25, -0.2) is 0 Å². The first-order valence-electron chi connectivity index (χ1n) is 9.39. The highest BCUT2D eigenvalue weighted by Crippen LogP contribution is 2.29. The molecule has 0 spiro atoms. The van der Waals surface area contributed by atoms with Crippen LogP contribution in [0.5, 0.6) is 0 Å². The summed E-state index contributed by atoms with van der Waals surface area (Å²) in [5.74, 6) is 6.49. The van der Waals surface area contributed by atoms with Gasteiger partial charge in [-0.05, 0) is 40.7 Å². The molecule has 0 fully saturated rings. The molecular formula is C24H27NO2. The summed E-state index contributed by atoms with van der Waals surface area (Å²) >= 11 is 0. The fraction of sp³-hybridized carbons (Fsp3) is 0.375. The normalized spacial score (nSPS) is 16.8. The molecule has 1 atom stereocenters. The van der Waals surface area contributed by atoms with Crippen molar-refractivity contribution in [1.29, 1.82) is 0 Å². The number of carbonyl (C=O) groups is 1. The Morgan fingerprint density at radius 3 is 2.52 bits per heavy atom. The zero-order valence-electron chi connectivity index (χ0n) is 16.6. The van der Waals surface area contributed by atoms with E-state index < -0.39 is 0 Å². The monoisotopic (exact) mass is 361 g/mol. The van der Waals surface area contributed by atoms with Crippen molar-refractivity contribution in [2.45, 2.75) is 38.6 Å². The van der Waals surface area contributed by atoms with Gasteiger partial charge in [-0.2, -0.15) is 0 Å². The van der Waals surface area contributed by atoms with Crippen molar-refractivity contribution in [1.82, 2.24) is 4.90 Å². The van der Waals surface area contributed by atoms with E-state index in [2.05, 4.69) is 80.0 Å². The van der Waals surface area contributed by atoms with Crippen molar-refractivity contribution < 1.29 is 9.53 Å². The van der Waals surface area contributed by atoms with Crippen LogP contribution in [0.4, 0.5) is 0 Å². The molecule has 0 amide bonds. The third kappa shape index (κ3) is 4.59. The molecule has 3 heteroatoms. The van der Waals surface area contributed by atoms with Crippen LogP contribution in [0, 0.1) is 11.8 Å². The van der Waals surface area contributed by atoms with E-state index in [1.54, 1.807) is 0 Å². The van der Waals surface area contributed by atoms with Crippen molar-refractivity contribution in [2.75, 3.05) is 20.2 Å². The maximum absolute atomic E-state index is 11.8. The highest BCUT2D eigenvalue weighted by atomic mass is 16.5. The predicted molar refractivity (Wildman–Crippen MR) is 108 cm³/mol. The first-order valence-corrected chi connectivity index (χ1v) is 9.39. The van der Waals surface area contributed by atoms with Crippen LogP contribution in [0.2, 0.25) is 0 Å². The molecule has 1 aliphatic heterocycles. The van der Waals surface area contributed by atoms with E-state index in [-0.39, 0.29) is 24.0 Å². The minimum atomic E-state index is -0.226. The van der Waals surface area contributed by atoms with Gasteiger partial charge in [0.1, 0.15) is 0 Å². The lowest BCUT2D eigenvalue weighted by molar-refractivity contribution is -0.142. The number of fused-ring (bicyclic) bond motifs is 1. The molecule has 0 aliphatic carbocycles. The van der Waals surface area contributed by atoms with Crippen LogP contribution in [-0.2, 0) is 21.4 Å². The van der Waals surface area contributed by atoms with Gasteiger partial charge in [-0.3, -0.25) is 9.69 Å². The number of carbonyl (C=O) groups excluding carboxylic acids is 1. The number of ether oxygens (including phenoxy) is 1. The fourth-order valence-corrected chi connectivity index (χ4v) is 3.39. The molecule has 0 N–H and O–H groups in total. The Bertz CT molecular complexity index is 866. The topological polar surface area (TPSA) is 29.5 Å². The van der Waals surface area contributed by atoms with Crippen LogP contribution in [0.25, 0.3) is 0 Å². The van der Waals surface area contributed by atoms with Crippen molar-refractivity contribution >= 4 is 5.97 Å². The second kappa shape index (κ2) is 7.98. The lowest BCUT2D eigenvalue weighted by Gasteiger charge is -2.33. The standard InChI is InChI=1S/C24H27NO2/c1-24(2,3)20-12-9-18(10-13-20)11-14-22-21-8-6-5-7-19(21)15-16-25(22)17-23(26)27-4/h5-10,12-13,22H,15-17H2,1-4H3. The van der Waals surface area contributed by atoms with Gasteiger partial charge in [0.05, 0.1) is 19.7 Å². The maximum Gasteiger partial charge on any atom is 0.319 e. The van der Waals surface area contributed by atoms with Gasteiger partial charge in [0, 0.05) is 12.1 Å². The molecule has 3 rings (SSSR count). The van der Waals surface area contributed by atoms with E-state index in [0.717, 1.165) is 18.5 Å². The molecule has 2 aromatic rings. The van der Waals surface area contributed by atoms with Crippen molar-refractivity contribution in [3.63, 3.8) is 0 Å². The summed E-state index contributed by atoms with van der Waals surface area (Å²) in [5, 5.41) is 0. The third-order valence-electron chi connectivity index (χ3n) is 5.05. The van der Waals surface area contributed by atoms with Gasteiger partial charge < -0.3 is 4.74 Å². The molecule has 0 saturated carbocycles. The van der Waals surface area contributed by atoms with E-state index in [1.165, 1.54) is 23.8 Å². The van der Waals surface area contributed by atoms with Crippen LogP contribution >= 0.6 is 0 Å². The number of benzene rings is 2. The van der Waals surface area contributed by atoms with Crippen LogP contribution < -0.4 is 0 Å². The van der Waals surface area contributed by atoms with Crippen molar-refractivity contribution in [3.05, 3.63) is 70.8 Å². The van der Waals surface area contributed by atoms with Crippen molar-refractivity contribution in [3.8, 4) is 11.8 Å². The molecule has 3 nitrogen and oxygen atoms in total. The Labute approximate surface area is 162 Å². The minimum absolute atomic E-state index is 0.101. The average molecular weight is 361 g/mol. The largest absolute Gasteiger partial charge is 0.468 e. The Kier molecular flexibility index (Phi) is 5.68. The summed E-state index contributed by atoms with van der Waals surface area (Å²) in [6.45, 7) is 7.67. The third-order valence-corrected chi connectivity index (χ3v) is 5.05. The van der Waals surface area contributed by atoms with Gasteiger partial charge in [-0.1, -0.05) is 69.0 Å². The van der Waals surface area contributed by atoms with E-state index in [9.17, 15) is 4.79 Å². The molecule has 0 bridgehead atoms. The highest BCUT2D eigenvalue weighted by Gasteiger charge is 2.27. The van der Waals surface area contributed by atoms with E-state index >= 15 is 0 Å². The molecule has 140 valence electrons. The summed E-state index contributed by atoms with van der Waals surface area (Å²) in [6, 6.07) is 16.7. The highest BCUT2D eigenvalue weighted by molar-refractivity contribution is 5.71. The van der Waals surface area contributed by atoms with Gasteiger partial charge in [0.15, 0.2) is 0 Å². The molecule has 0 saturated heterocycles. The van der Waals surface area contributed by atoms with Gasteiger partial charge in [-0.15, -0.1) is 0 Å². The molecule has 1 heterocycles. The summed E-state index contributed by atoms with van der Waals surface area (Å²) in [7, 11) is 1.43. The molecule has 27 heavy (non-hydrogen) atoms. The predicted octanol–water partition coefficient (Wildman–Crippen LogP) is 4.11. The Morgan fingerprint density at radius 2 is 1.85 bits per heavy atom. The van der Waals surface area contributed by atoms with Crippen LogP contribution in [-0.4, -0.2) is 31.1 Å². The first kappa shape index (κ1) is 19.2. The number of esters is 1. The minimum Gasteiger partial charge on any atom is -0.468 e. The molecular weight excluding hydrogens is 334 g/mol. The number of hydrogen-bond acceptors (Lipinski definition) is 3. The average Bonchev–Trinajstić information content (AvgIpc) is 2.66. The SMILES string of the molecule is COC(=O)CN1CCc2ccccc2C1C#Cc1ccc(C(C)(C)C)cc1.